The van der Waals surface area contributed by atoms with E-state index in [4.69, 9.17) is 20.9 Å². The van der Waals surface area contributed by atoms with Crippen LogP contribution >= 0.6 is 0 Å². The number of ether oxygens (including phenoxy) is 2. The van der Waals surface area contributed by atoms with Gasteiger partial charge in [-0.25, -0.2) is 0 Å². The molecule has 156 valence electrons. The Morgan fingerprint density at radius 3 is 1.26 bits per heavy atom. The minimum Gasteiger partial charge on any atom is -0.457 e. The molecule has 0 fully saturated rings. The Morgan fingerprint density at radius 1 is 0.516 bits per heavy atom. The third-order valence-electron chi connectivity index (χ3n) is 5.34. The van der Waals surface area contributed by atoms with Crippen LogP contribution in [0, 0.1) is 0 Å². The van der Waals surface area contributed by atoms with Crippen LogP contribution in [-0.2, 0) is 5.41 Å². The lowest BCUT2D eigenvalue weighted by atomic mass is 9.77. The molecule has 0 unspecified atom stereocenters. The van der Waals surface area contributed by atoms with Gasteiger partial charge >= 0.3 is 0 Å². The Bertz CT molecular complexity index is 1070. The van der Waals surface area contributed by atoms with E-state index >= 15 is 0 Å². The first-order valence-corrected chi connectivity index (χ1v) is 10.2. The van der Waals surface area contributed by atoms with Crippen molar-refractivity contribution in [3.8, 4) is 23.0 Å². The zero-order chi connectivity index (χ0) is 21.8. The highest BCUT2D eigenvalue weighted by Crippen LogP contribution is 2.43. The van der Waals surface area contributed by atoms with Crippen molar-refractivity contribution in [3.63, 3.8) is 0 Å². The second-order valence-electron chi connectivity index (χ2n) is 7.96. The maximum absolute atomic E-state index is 6.23. The lowest BCUT2D eigenvalue weighted by molar-refractivity contribution is 0.445. The zero-order valence-corrected chi connectivity index (χ0v) is 17.7. The molecule has 4 heteroatoms. The molecular formula is C27H26N2O2. The summed E-state index contributed by atoms with van der Waals surface area (Å²) in [5, 5.41) is 0. The van der Waals surface area contributed by atoms with Gasteiger partial charge in [0.05, 0.1) is 0 Å². The van der Waals surface area contributed by atoms with Crippen molar-refractivity contribution in [3.05, 3.63) is 108 Å². The Morgan fingerprint density at radius 2 is 0.871 bits per heavy atom. The van der Waals surface area contributed by atoms with Crippen molar-refractivity contribution in [2.45, 2.75) is 19.3 Å². The Balaban J connectivity index is 1.71. The molecule has 4 nitrogen and oxygen atoms in total. The van der Waals surface area contributed by atoms with Crippen molar-refractivity contribution in [2.75, 3.05) is 11.5 Å². The Kier molecular flexibility index (Phi) is 5.54. The van der Waals surface area contributed by atoms with Gasteiger partial charge < -0.3 is 20.9 Å². The summed E-state index contributed by atoms with van der Waals surface area (Å²) in [5.41, 5.74) is 14.8. The fraction of sp³-hybridized carbons (Fsp3) is 0.111. The molecule has 0 saturated carbocycles. The van der Waals surface area contributed by atoms with E-state index < -0.39 is 0 Å². The number of hydrogen-bond donors (Lipinski definition) is 2. The first kappa shape index (κ1) is 20.4. The second kappa shape index (κ2) is 8.44. The maximum atomic E-state index is 6.23. The smallest absolute Gasteiger partial charge is 0.131 e. The lowest BCUT2D eigenvalue weighted by Crippen LogP contribution is -2.20. The Hall–Kier alpha value is -3.92. The molecular weight excluding hydrogens is 384 g/mol. The number of nitrogen functional groups attached to an aromatic ring is 2. The van der Waals surface area contributed by atoms with Gasteiger partial charge in [0, 0.05) is 27.9 Å². The largest absolute Gasteiger partial charge is 0.457 e. The first-order chi connectivity index (χ1) is 14.9. The molecule has 0 heterocycles. The van der Waals surface area contributed by atoms with Gasteiger partial charge in [-0.1, -0.05) is 50.2 Å². The average Bonchev–Trinajstić information content (AvgIpc) is 2.77. The number of para-hydroxylation sites is 2. The summed E-state index contributed by atoms with van der Waals surface area (Å²) in [6, 6.07) is 31.0. The third kappa shape index (κ3) is 4.48. The molecule has 31 heavy (non-hydrogen) atoms. The van der Waals surface area contributed by atoms with Crippen LogP contribution in [0.15, 0.2) is 97.1 Å². The summed E-state index contributed by atoms with van der Waals surface area (Å²) < 4.78 is 12.5. The molecule has 0 aliphatic heterocycles. The minimum absolute atomic E-state index is 0.380. The van der Waals surface area contributed by atoms with Crippen LogP contribution in [0.2, 0.25) is 0 Å². The topological polar surface area (TPSA) is 70.5 Å². The van der Waals surface area contributed by atoms with Crippen molar-refractivity contribution in [1.29, 1.82) is 0 Å². The van der Waals surface area contributed by atoms with Gasteiger partial charge in [-0.3, -0.25) is 0 Å². The summed E-state index contributed by atoms with van der Waals surface area (Å²) in [4.78, 5) is 0. The summed E-state index contributed by atoms with van der Waals surface area (Å²) in [6.45, 7) is 4.34. The van der Waals surface area contributed by atoms with Crippen molar-refractivity contribution in [1.82, 2.24) is 0 Å². The van der Waals surface area contributed by atoms with Crippen molar-refractivity contribution >= 4 is 11.4 Å². The third-order valence-corrected chi connectivity index (χ3v) is 5.34. The normalized spacial score (nSPS) is 11.2. The fourth-order valence-electron chi connectivity index (χ4n) is 3.61. The summed E-state index contributed by atoms with van der Waals surface area (Å²) in [6.07, 6.45) is 0. The predicted molar refractivity (Wildman–Crippen MR) is 127 cm³/mol. The van der Waals surface area contributed by atoms with E-state index in [9.17, 15) is 0 Å². The summed E-state index contributed by atoms with van der Waals surface area (Å²) >= 11 is 0. The van der Waals surface area contributed by atoms with Crippen molar-refractivity contribution < 1.29 is 9.47 Å². The van der Waals surface area contributed by atoms with Crippen LogP contribution in [0.1, 0.15) is 25.0 Å². The first-order valence-electron chi connectivity index (χ1n) is 10.2. The van der Waals surface area contributed by atoms with Crippen LogP contribution in [0.3, 0.4) is 0 Å². The van der Waals surface area contributed by atoms with Crippen LogP contribution in [0.4, 0.5) is 11.4 Å². The van der Waals surface area contributed by atoms with E-state index in [-0.39, 0.29) is 5.41 Å². The van der Waals surface area contributed by atoms with Gasteiger partial charge in [0.25, 0.3) is 0 Å². The van der Waals surface area contributed by atoms with E-state index in [1.807, 2.05) is 84.9 Å². The lowest BCUT2D eigenvalue weighted by Gasteiger charge is -2.30. The summed E-state index contributed by atoms with van der Waals surface area (Å²) in [5.74, 6) is 3.06. The number of nitrogens with two attached hydrogens (primary N) is 2. The SMILES string of the molecule is CC(C)(c1ccccc1Oc1ccc(N)cc1)c1ccccc1Oc1ccc(N)cc1. The molecule has 0 aromatic heterocycles. The molecule has 4 N–H and O–H groups in total. The fourth-order valence-corrected chi connectivity index (χ4v) is 3.61. The van der Waals surface area contributed by atoms with E-state index in [2.05, 4.69) is 26.0 Å². The number of hydrogen-bond acceptors (Lipinski definition) is 4. The molecule has 0 amide bonds. The molecule has 4 aromatic rings. The number of anilines is 2. The van der Waals surface area contributed by atoms with Crippen LogP contribution in [0.25, 0.3) is 0 Å². The minimum atomic E-state index is -0.380. The van der Waals surface area contributed by atoms with Crippen LogP contribution < -0.4 is 20.9 Å². The molecule has 4 rings (SSSR count). The highest BCUT2D eigenvalue weighted by molar-refractivity contribution is 5.53. The molecule has 0 aliphatic rings. The van der Waals surface area contributed by atoms with Gasteiger partial charge in [-0.15, -0.1) is 0 Å². The number of benzene rings is 4. The van der Waals surface area contributed by atoms with Gasteiger partial charge in [0.15, 0.2) is 0 Å². The van der Waals surface area contributed by atoms with E-state index in [1.54, 1.807) is 0 Å². The highest BCUT2D eigenvalue weighted by atomic mass is 16.5. The van der Waals surface area contributed by atoms with E-state index in [1.165, 1.54) is 0 Å². The zero-order valence-electron chi connectivity index (χ0n) is 17.7. The van der Waals surface area contributed by atoms with E-state index in [0.29, 0.717) is 11.4 Å². The molecule has 4 aromatic carbocycles. The summed E-state index contributed by atoms with van der Waals surface area (Å²) in [7, 11) is 0. The van der Waals surface area contributed by atoms with Crippen LogP contribution in [-0.4, -0.2) is 0 Å². The Labute approximate surface area is 183 Å². The molecule has 0 atom stereocenters. The molecule has 0 radical (unpaired) electrons. The number of rotatable bonds is 6. The second-order valence-corrected chi connectivity index (χ2v) is 7.96. The molecule has 0 spiro atoms. The van der Waals surface area contributed by atoms with E-state index in [0.717, 1.165) is 34.1 Å². The van der Waals surface area contributed by atoms with Crippen molar-refractivity contribution in [2.24, 2.45) is 0 Å². The molecule has 0 bridgehead atoms. The average molecular weight is 411 g/mol. The predicted octanol–water partition coefficient (Wildman–Crippen LogP) is 6.76. The van der Waals surface area contributed by atoms with Gasteiger partial charge in [-0.2, -0.15) is 0 Å². The van der Waals surface area contributed by atoms with Gasteiger partial charge in [0.1, 0.15) is 23.0 Å². The van der Waals surface area contributed by atoms with Gasteiger partial charge in [0.2, 0.25) is 0 Å². The monoisotopic (exact) mass is 410 g/mol. The van der Waals surface area contributed by atoms with Gasteiger partial charge in [-0.05, 0) is 60.7 Å². The highest BCUT2D eigenvalue weighted by Gasteiger charge is 2.30. The standard InChI is InChI=1S/C27H26N2O2/c1-27(2,23-7-3-5-9-25(23)30-21-15-11-19(28)12-16-21)24-8-4-6-10-26(24)31-22-17-13-20(29)14-18-22/h3-18H,28-29H2,1-2H3. The van der Waals surface area contributed by atoms with Crippen LogP contribution in [0.5, 0.6) is 23.0 Å². The quantitative estimate of drug-likeness (QED) is 0.344. The molecule has 0 aliphatic carbocycles. The maximum Gasteiger partial charge on any atom is 0.131 e. The molecule has 0 saturated heterocycles.